The summed E-state index contributed by atoms with van der Waals surface area (Å²) < 4.78 is 5.29. The van der Waals surface area contributed by atoms with Gasteiger partial charge in [0, 0.05) is 6.61 Å². The highest BCUT2D eigenvalue weighted by molar-refractivity contribution is 5.43. The molecule has 0 aliphatic rings. The number of methoxy groups -OCH3 is 1. The lowest BCUT2D eigenvalue weighted by molar-refractivity contribution is 0.283. The zero-order valence-electron chi connectivity index (χ0n) is 10.5. The van der Waals surface area contributed by atoms with Crippen LogP contribution < -0.4 is 4.74 Å². The van der Waals surface area contributed by atoms with Crippen molar-refractivity contribution >= 4 is 0 Å². The van der Waals surface area contributed by atoms with Gasteiger partial charge in [-0.1, -0.05) is 12.5 Å². The van der Waals surface area contributed by atoms with E-state index in [2.05, 4.69) is 19.9 Å². The van der Waals surface area contributed by atoms with E-state index < -0.39 is 0 Å². The van der Waals surface area contributed by atoms with Crippen LogP contribution in [0, 0.1) is 13.8 Å². The van der Waals surface area contributed by atoms with Crippen molar-refractivity contribution in [2.45, 2.75) is 39.5 Å². The average Bonchev–Trinajstić information content (AvgIpc) is 2.30. The molecule has 0 aliphatic carbocycles. The fourth-order valence-electron chi connectivity index (χ4n) is 1.95. The summed E-state index contributed by atoms with van der Waals surface area (Å²) >= 11 is 0. The monoisotopic (exact) mass is 222 g/mol. The Balaban J connectivity index is 2.64. The van der Waals surface area contributed by atoms with E-state index in [1.54, 1.807) is 7.11 Å². The molecule has 0 spiro atoms. The quantitative estimate of drug-likeness (QED) is 0.750. The fraction of sp³-hybridized carbons (Fsp3) is 0.571. The highest BCUT2D eigenvalue weighted by Gasteiger charge is 2.05. The first-order chi connectivity index (χ1) is 7.70. The Labute approximate surface area is 98.3 Å². The predicted molar refractivity (Wildman–Crippen MR) is 67.1 cm³/mol. The number of hydrogen-bond donors (Lipinski definition) is 1. The van der Waals surface area contributed by atoms with Gasteiger partial charge in [-0.2, -0.15) is 0 Å². The summed E-state index contributed by atoms with van der Waals surface area (Å²) in [6, 6.07) is 4.20. The summed E-state index contributed by atoms with van der Waals surface area (Å²) in [5, 5.41) is 8.71. The smallest absolute Gasteiger partial charge is 0.122 e. The van der Waals surface area contributed by atoms with Gasteiger partial charge >= 0.3 is 0 Å². The Bertz CT molecular complexity index is 332. The minimum absolute atomic E-state index is 0.306. The third kappa shape index (κ3) is 3.24. The van der Waals surface area contributed by atoms with Crippen molar-refractivity contribution in [2.75, 3.05) is 13.7 Å². The Morgan fingerprint density at radius 1 is 1.06 bits per heavy atom. The number of aliphatic hydroxyl groups excluding tert-OH is 1. The maximum absolute atomic E-state index is 8.71. The second-order valence-electron chi connectivity index (χ2n) is 4.21. The molecule has 1 N–H and O–H groups in total. The molecule has 16 heavy (non-hydrogen) atoms. The van der Waals surface area contributed by atoms with Crippen molar-refractivity contribution in [3.05, 3.63) is 28.8 Å². The van der Waals surface area contributed by atoms with Crippen molar-refractivity contribution in [2.24, 2.45) is 0 Å². The number of aryl methyl sites for hydroxylation is 1. The molecule has 0 radical (unpaired) electrons. The molecule has 0 saturated heterocycles. The molecule has 0 aromatic heterocycles. The lowest BCUT2D eigenvalue weighted by atomic mass is 9.98. The Morgan fingerprint density at radius 3 is 2.44 bits per heavy atom. The van der Waals surface area contributed by atoms with Crippen LogP contribution >= 0.6 is 0 Å². The first-order valence-corrected chi connectivity index (χ1v) is 5.94. The normalized spacial score (nSPS) is 10.5. The Hall–Kier alpha value is -1.02. The van der Waals surface area contributed by atoms with Crippen LogP contribution in [0.15, 0.2) is 12.1 Å². The highest BCUT2D eigenvalue weighted by Crippen LogP contribution is 2.24. The number of ether oxygens (including phenoxy) is 1. The van der Waals surface area contributed by atoms with Gasteiger partial charge in [-0.15, -0.1) is 0 Å². The maximum atomic E-state index is 8.71. The highest BCUT2D eigenvalue weighted by atomic mass is 16.5. The summed E-state index contributed by atoms with van der Waals surface area (Å²) in [6.07, 6.45) is 4.25. The summed E-state index contributed by atoms with van der Waals surface area (Å²) in [6.45, 7) is 4.56. The van der Waals surface area contributed by atoms with Gasteiger partial charge < -0.3 is 9.84 Å². The minimum Gasteiger partial charge on any atom is -0.496 e. The molecule has 0 saturated carbocycles. The standard InChI is InChI=1S/C14H22O2/c1-11-12(2)14(16-3)9-8-13(11)7-5-4-6-10-15/h8-9,15H,4-7,10H2,1-3H3. The number of rotatable bonds is 6. The Kier molecular flexibility index (Phi) is 5.33. The van der Waals surface area contributed by atoms with Crippen LogP contribution in [-0.2, 0) is 6.42 Å². The van der Waals surface area contributed by atoms with Crippen LogP contribution in [0.25, 0.3) is 0 Å². The zero-order chi connectivity index (χ0) is 12.0. The van der Waals surface area contributed by atoms with E-state index in [0.29, 0.717) is 6.61 Å². The van der Waals surface area contributed by atoms with Gasteiger partial charge in [0.25, 0.3) is 0 Å². The SMILES string of the molecule is COc1ccc(CCCCCO)c(C)c1C. The molecule has 2 heteroatoms. The number of unbranched alkanes of at least 4 members (excludes halogenated alkanes) is 2. The average molecular weight is 222 g/mol. The lowest BCUT2D eigenvalue weighted by Gasteiger charge is -2.12. The molecule has 0 atom stereocenters. The Morgan fingerprint density at radius 2 is 1.81 bits per heavy atom. The molecule has 0 aliphatic heterocycles. The van der Waals surface area contributed by atoms with E-state index in [0.717, 1.165) is 31.4 Å². The molecule has 1 aromatic carbocycles. The van der Waals surface area contributed by atoms with Crippen LogP contribution in [0.4, 0.5) is 0 Å². The van der Waals surface area contributed by atoms with Crippen molar-refractivity contribution in [1.82, 2.24) is 0 Å². The second-order valence-corrected chi connectivity index (χ2v) is 4.21. The molecule has 0 amide bonds. The zero-order valence-corrected chi connectivity index (χ0v) is 10.5. The van der Waals surface area contributed by atoms with Gasteiger partial charge in [0.15, 0.2) is 0 Å². The summed E-state index contributed by atoms with van der Waals surface area (Å²) in [5.41, 5.74) is 3.97. The van der Waals surface area contributed by atoms with E-state index in [4.69, 9.17) is 9.84 Å². The molecule has 0 unspecified atom stereocenters. The van der Waals surface area contributed by atoms with Gasteiger partial charge in [0.05, 0.1) is 7.11 Å². The third-order valence-corrected chi connectivity index (χ3v) is 3.17. The van der Waals surface area contributed by atoms with Crippen LogP contribution in [0.3, 0.4) is 0 Å². The lowest BCUT2D eigenvalue weighted by Crippen LogP contribution is -1.96. The van der Waals surface area contributed by atoms with E-state index >= 15 is 0 Å². The first-order valence-electron chi connectivity index (χ1n) is 5.94. The van der Waals surface area contributed by atoms with Crippen LogP contribution in [0.2, 0.25) is 0 Å². The predicted octanol–water partition coefficient (Wildman–Crippen LogP) is 3.02. The topological polar surface area (TPSA) is 29.5 Å². The van der Waals surface area contributed by atoms with E-state index in [1.807, 2.05) is 6.07 Å². The summed E-state index contributed by atoms with van der Waals surface area (Å²) in [7, 11) is 1.71. The molecule has 2 nitrogen and oxygen atoms in total. The van der Waals surface area contributed by atoms with Crippen LogP contribution in [0.5, 0.6) is 5.75 Å². The molecule has 0 fully saturated rings. The third-order valence-electron chi connectivity index (χ3n) is 3.17. The van der Waals surface area contributed by atoms with Crippen molar-refractivity contribution in [3.63, 3.8) is 0 Å². The molecular weight excluding hydrogens is 200 g/mol. The summed E-state index contributed by atoms with van der Waals surface area (Å²) in [4.78, 5) is 0. The number of hydrogen-bond acceptors (Lipinski definition) is 2. The van der Waals surface area contributed by atoms with Crippen molar-refractivity contribution < 1.29 is 9.84 Å². The first kappa shape index (κ1) is 13.0. The van der Waals surface area contributed by atoms with Gasteiger partial charge in [-0.3, -0.25) is 0 Å². The second kappa shape index (κ2) is 6.54. The van der Waals surface area contributed by atoms with Crippen molar-refractivity contribution in [1.29, 1.82) is 0 Å². The fourth-order valence-corrected chi connectivity index (χ4v) is 1.95. The van der Waals surface area contributed by atoms with Gasteiger partial charge in [-0.05, 0) is 55.9 Å². The minimum atomic E-state index is 0.306. The summed E-state index contributed by atoms with van der Waals surface area (Å²) in [5.74, 6) is 0.969. The van der Waals surface area contributed by atoms with E-state index in [9.17, 15) is 0 Å². The molecular formula is C14H22O2. The van der Waals surface area contributed by atoms with E-state index in [-0.39, 0.29) is 0 Å². The van der Waals surface area contributed by atoms with Crippen molar-refractivity contribution in [3.8, 4) is 5.75 Å². The van der Waals surface area contributed by atoms with Gasteiger partial charge in [0.2, 0.25) is 0 Å². The van der Waals surface area contributed by atoms with Gasteiger partial charge in [0.1, 0.15) is 5.75 Å². The van der Waals surface area contributed by atoms with Crippen LogP contribution in [-0.4, -0.2) is 18.8 Å². The van der Waals surface area contributed by atoms with E-state index in [1.165, 1.54) is 16.7 Å². The molecule has 0 heterocycles. The molecule has 1 rings (SSSR count). The number of benzene rings is 1. The van der Waals surface area contributed by atoms with Gasteiger partial charge in [-0.25, -0.2) is 0 Å². The molecule has 0 bridgehead atoms. The number of aliphatic hydroxyl groups is 1. The maximum Gasteiger partial charge on any atom is 0.122 e. The largest absolute Gasteiger partial charge is 0.496 e. The molecule has 90 valence electrons. The molecule has 1 aromatic rings. The van der Waals surface area contributed by atoms with Crippen LogP contribution in [0.1, 0.15) is 36.0 Å².